The molecule has 5 heteroatoms. The molecule has 0 aromatic heterocycles. The SMILES string of the molecule is CCCCCCCCCCCC[O][Ti]([O]CCCCCCCCCCCC)([O]CCCCCCCCCCCC)[O]C(C)C. The van der Waals surface area contributed by atoms with Gasteiger partial charge >= 0.3 is 264 Å². The van der Waals surface area contributed by atoms with E-state index in [2.05, 4.69) is 34.6 Å². The maximum absolute atomic E-state index is 6.52. The number of hydrogen-bond acceptors (Lipinski definition) is 4. The summed E-state index contributed by atoms with van der Waals surface area (Å²) >= 11 is -3.77. The van der Waals surface area contributed by atoms with E-state index in [1.165, 1.54) is 173 Å². The first-order valence-electron chi connectivity index (χ1n) is 20.2. The monoisotopic (exact) mass is 663 g/mol. The second-order valence-corrected chi connectivity index (χ2v) is 17.0. The summed E-state index contributed by atoms with van der Waals surface area (Å²) in [4.78, 5) is 0. The molecule has 0 amide bonds. The molecular weight excluding hydrogens is 580 g/mol. The van der Waals surface area contributed by atoms with Gasteiger partial charge in [0.15, 0.2) is 0 Å². The maximum atomic E-state index is 6.52. The first-order chi connectivity index (χ1) is 21.6. The van der Waals surface area contributed by atoms with Crippen molar-refractivity contribution in [1.29, 1.82) is 0 Å². The van der Waals surface area contributed by atoms with E-state index >= 15 is 0 Å². The zero-order valence-corrected chi connectivity index (χ0v) is 32.6. The van der Waals surface area contributed by atoms with Crippen LogP contribution in [0.25, 0.3) is 0 Å². The van der Waals surface area contributed by atoms with Gasteiger partial charge in [-0.2, -0.15) is 0 Å². The Balaban J connectivity index is 4.48. The van der Waals surface area contributed by atoms with Gasteiger partial charge in [-0.05, 0) is 0 Å². The van der Waals surface area contributed by atoms with Crippen LogP contribution < -0.4 is 0 Å². The molecule has 4 nitrogen and oxygen atoms in total. The van der Waals surface area contributed by atoms with Crippen LogP contribution in [-0.2, 0) is 31.4 Å². The summed E-state index contributed by atoms with van der Waals surface area (Å²) in [5.74, 6) is 0. The quantitative estimate of drug-likeness (QED) is 0.0487. The predicted molar refractivity (Wildman–Crippen MR) is 190 cm³/mol. The zero-order chi connectivity index (χ0) is 32.2. The van der Waals surface area contributed by atoms with Gasteiger partial charge < -0.3 is 0 Å². The molecule has 0 aromatic rings. The van der Waals surface area contributed by atoms with Gasteiger partial charge in [-0.1, -0.05) is 20.8 Å². The topological polar surface area (TPSA) is 36.9 Å². The third-order valence-corrected chi connectivity index (χ3v) is 12.5. The van der Waals surface area contributed by atoms with Crippen molar-refractivity contribution in [2.24, 2.45) is 0 Å². The Labute approximate surface area is 283 Å². The molecule has 0 N–H and O–H groups in total. The van der Waals surface area contributed by atoms with Crippen molar-refractivity contribution in [3.8, 4) is 0 Å². The van der Waals surface area contributed by atoms with Crippen LogP contribution in [0.5, 0.6) is 0 Å². The van der Waals surface area contributed by atoms with Gasteiger partial charge in [-0.25, -0.2) is 0 Å². The molecule has 0 atom stereocenters. The van der Waals surface area contributed by atoms with E-state index in [4.69, 9.17) is 13.3 Å². The van der Waals surface area contributed by atoms with Crippen LogP contribution in [0.15, 0.2) is 0 Å². The molecular formula is C39H82O4Ti. The number of hydrogen-bond donors (Lipinski definition) is 0. The Morgan fingerprint density at radius 2 is 0.523 bits per heavy atom. The van der Waals surface area contributed by atoms with E-state index in [1.54, 1.807) is 0 Å². The van der Waals surface area contributed by atoms with E-state index in [0.717, 1.165) is 19.3 Å². The molecule has 0 spiro atoms. The van der Waals surface area contributed by atoms with Crippen molar-refractivity contribution in [2.45, 2.75) is 233 Å². The molecule has 0 fully saturated rings. The van der Waals surface area contributed by atoms with Crippen molar-refractivity contribution in [1.82, 2.24) is 0 Å². The standard InChI is InChI=1S/3C12H25O.C3H7O.Ti/c3*1-2-3-4-5-6-7-8-9-10-11-12-13;1-3(2)4;/h3*2-12H2,1H3;3H,1-2H3;/q4*-1;+4. The van der Waals surface area contributed by atoms with Gasteiger partial charge in [-0.15, -0.1) is 0 Å². The van der Waals surface area contributed by atoms with Crippen LogP contribution in [0.3, 0.4) is 0 Å². The summed E-state index contributed by atoms with van der Waals surface area (Å²) in [7, 11) is 0. The van der Waals surface area contributed by atoms with Gasteiger partial charge in [-0.3, -0.25) is 0 Å². The third kappa shape index (κ3) is 32.5. The molecule has 0 bridgehead atoms. The molecule has 266 valence electrons. The summed E-state index contributed by atoms with van der Waals surface area (Å²) in [5, 5.41) is 0. The Bertz CT molecular complexity index is 466. The predicted octanol–water partition coefficient (Wildman–Crippen LogP) is 14.0. The molecule has 0 rings (SSSR count). The van der Waals surface area contributed by atoms with E-state index in [-0.39, 0.29) is 6.10 Å². The summed E-state index contributed by atoms with van der Waals surface area (Å²) in [6.45, 7) is 13.2. The molecule has 0 radical (unpaired) electrons. The van der Waals surface area contributed by atoms with Crippen LogP contribution in [0.4, 0.5) is 0 Å². The first-order valence-corrected chi connectivity index (χ1v) is 22.7. The zero-order valence-electron chi connectivity index (χ0n) is 31.0. The second kappa shape index (κ2) is 36.4. The molecule has 0 aromatic carbocycles. The average molecular weight is 663 g/mol. The van der Waals surface area contributed by atoms with E-state index in [0.29, 0.717) is 19.8 Å². The summed E-state index contributed by atoms with van der Waals surface area (Å²) in [6, 6.07) is 0. The van der Waals surface area contributed by atoms with Crippen molar-refractivity contribution < 1.29 is 31.4 Å². The Hall–Kier alpha value is 0.554. The van der Waals surface area contributed by atoms with Gasteiger partial charge in [0.05, 0.1) is 0 Å². The number of rotatable bonds is 38. The van der Waals surface area contributed by atoms with Crippen LogP contribution in [0, 0.1) is 0 Å². The Kier molecular flexibility index (Phi) is 36.8. The van der Waals surface area contributed by atoms with Crippen LogP contribution >= 0.6 is 0 Å². The fourth-order valence-electron chi connectivity index (χ4n) is 5.88. The number of unbranched alkanes of at least 4 members (excludes halogenated alkanes) is 27. The van der Waals surface area contributed by atoms with Crippen molar-refractivity contribution >= 4 is 0 Å². The van der Waals surface area contributed by atoms with Gasteiger partial charge in [0.2, 0.25) is 0 Å². The van der Waals surface area contributed by atoms with Crippen molar-refractivity contribution in [3.63, 3.8) is 0 Å². The average Bonchev–Trinajstić information content (AvgIpc) is 3.01. The Morgan fingerprint density at radius 3 is 0.727 bits per heavy atom. The molecule has 0 aliphatic heterocycles. The second-order valence-electron chi connectivity index (χ2n) is 13.8. The van der Waals surface area contributed by atoms with Crippen molar-refractivity contribution in [3.05, 3.63) is 0 Å². The summed E-state index contributed by atoms with van der Waals surface area (Å²) < 4.78 is 26.0. The molecule has 0 unspecified atom stereocenters. The molecule has 0 saturated heterocycles. The fourth-order valence-corrected chi connectivity index (χ4v) is 9.33. The van der Waals surface area contributed by atoms with E-state index in [9.17, 15) is 0 Å². The third-order valence-electron chi connectivity index (χ3n) is 8.71. The van der Waals surface area contributed by atoms with Gasteiger partial charge in [0, 0.05) is 0 Å². The van der Waals surface area contributed by atoms with Gasteiger partial charge in [0.1, 0.15) is 0 Å². The normalized spacial score (nSPS) is 12.1. The van der Waals surface area contributed by atoms with Crippen LogP contribution in [0.2, 0.25) is 0 Å². The first kappa shape index (κ1) is 44.6. The summed E-state index contributed by atoms with van der Waals surface area (Å²) in [6.07, 6.45) is 39.9. The molecule has 0 heterocycles. The Morgan fingerprint density at radius 1 is 0.318 bits per heavy atom. The minimum absolute atomic E-state index is 0.0584. The minimum atomic E-state index is -3.77. The van der Waals surface area contributed by atoms with E-state index < -0.39 is 18.1 Å². The molecule has 44 heavy (non-hydrogen) atoms. The molecule has 0 aliphatic carbocycles. The van der Waals surface area contributed by atoms with Crippen molar-refractivity contribution in [2.75, 3.05) is 19.8 Å². The molecule has 0 saturated carbocycles. The van der Waals surface area contributed by atoms with Crippen LogP contribution in [-0.4, -0.2) is 25.9 Å². The molecule has 0 aliphatic rings. The van der Waals surface area contributed by atoms with Gasteiger partial charge in [0.25, 0.3) is 0 Å². The van der Waals surface area contributed by atoms with E-state index in [1.807, 2.05) is 0 Å². The fraction of sp³-hybridized carbons (Fsp3) is 1.00. The summed E-state index contributed by atoms with van der Waals surface area (Å²) in [5.41, 5.74) is 0. The van der Waals surface area contributed by atoms with Crippen LogP contribution in [0.1, 0.15) is 227 Å².